The molecule has 2 aliphatic rings. The van der Waals surface area contributed by atoms with E-state index in [-0.39, 0.29) is 5.82 Å². The molecule has 2 aromatic rings. The highest BCUT2D eigenvalue weighted by molar-refractivity contribution is 5.44. The van der Waals surface area contributed by atoms with Gasteiger partial charge in [-0.2, -0.15) is 0 Å². The molecule has 3 nitrogen and oxygen atoms in total. The molecule has 40 heavy (non-hydrogen) atoms. The van der Waals surface area contributed by atoms with Gasteiger partial charge in [-0.3, -0.25) is 0 Å². The standard InChI is InChI=1S/C17H26.C8H17N.C7H8FN.C2H4O.C2H6/c1-13(2)17-9-5-8-16(12-17)11-15-7-4-6-14(3)10-15;1-2-3-6-9-7-4-5-8-9;1-9-7-4-2-3-6(8)5-7;1-2-3;1-2/h4,6-7,10,13,16-17H,5,8-9,11-12H2,1-3H3;2-8H2,1H3;2-5,9H,1H3;2H,1H3;1-2H3. The number of hydrogen-bond donors (Lipinski definition) is 1. The van der Waals surface area contributed by atoms with Crippen molar-refractivity contribution < 1.29 is 9.18 Å². The van der Waals surface area contributed by atoms with Crippen LogP contribution in [0.5, 0.6) is 0 Å². The fourth-order valence-corrected chi connectivity index (χ4v) is 5.33. The molecule has 1 aliphatic carbocycles. The molecule has 4 heteroatoms. The van der Waals surface area contributed by atoms with E-state index in [0.717, 1.165) is 29.7 Å². The second kappa shape index (κ2) is 24.6. The lowest BCUT2D eigenvalue weighted by molar-refractivity contribution is -0.106. The van der Waals surface area contributed by atoms with Crippen LogP contribution in [0.2, 0.25) is 0 Å². The molecule has 2 fully saturated rings. The van der Waals surface area contributed by atoms with Gasteiger partial charge in [-0.25, -0.2) is 4.39 Å². The van der Waals surface area contributed by atoms with E-state index < -0.39 is 0 Å². The number of aldehydes is 1. The Morgan fingerprint density at radius 2 is 1.68 bits per heavy atom. The van der Waals surface area contributed by atoms with Crippen LogP contribution < -0.4 is 5.32 Å². The van der Waals surface area contributed by atoms with Crippen LogP contribution >= 0.6 is 0 Å². The molecule has 0 amide bonds. The van der Waals surface area contributed by atoms with Crippen molar-refractivity contribution >= 4 is 12.0 Å². The van der Waals surface area contributed by atoms with Crippen LogP contribution in [0.25, 0.3) is 0 Å². The number of carbonyl (C=O) groups is 1. The molecule has 1 N–H and O–H groups in total. The Morgan fingerprint density at radius 3 is 2.20 bits per heavy atom. The lowest BCUT2D eigenvalue weighted by Gasteiger charge is -2.31. The van der Waals surface area contributed by atoms with E-state index in [4.69, 9.17) is 4.79 Å². The highest BCUT2D eigenvalue weighted by Crippen LogP contribution is 2.35. The molecule has 1 heterocycles. The molecular weight excluding hydrogens is 495 g/mol. The molecule has 2 unspecified atom stereocenters. The van der Waals surface area contributed by atoms with Gasteiger partial charge in [0.2, 0.25) is 0 Å². The highest BCUT2D eigenvalue weighted by atomic mass is 19.1. The number of aryl methyl sites for hydroxylation is 1. The smallest absolute Gasteiger partial charge is 0.125 e. The predicted octanol–water partition coefficient (Wildman–Crippen LogP) is 9.98. The summed E-state index contributed by atoms with van der Waals surface area (Å²) in [4.78, 5) is 11.4. The Bertz CT molecular complexity index is 863. The SMILES string of the molecule is CC.CC=O.CCCCN1CCCC1.CNc1cccc(F)c1.Cc1cccc(CC2CCCC(C(C)C)C2)c1. The molecule has 0 aromatic heterocycles. The van der Waals surface area contributed by atoms with Crippen molar-refractivity contribution in [2.75, 3.05) is 32.0 Å². The van der Waals surface area contributed by atoms with Crippen molar-refractivity contribution in [2.45, 2.75) is 106 Å². The van der Waals surface area contributed by atoms with Gasteiger partial charge in [-0.15, -0.1) is 0 Å². The van der Waals surface area contributed by atoms with Gasteiger partial charge in [0.05, 0.1) is 0 Å². The number of anilines is 1. The fraction of sp³-hybridized carbons (Fsp3) is 0.639. The van der Waals surface area contributed by atoms with E-state index >= 15 is 0 Å². The summed E-state index contributed by atoms with van der Waals surface area (Å²) in [5.41, 5.74) is 3.74. The Labute approximate surface area is 247 Å². The van der Waals surface area contributed by atoms with Crippen LogP contribution in [0.15, 0.2) is 48.5 Å². The second-order valence-corrected chi connectivity index (χ2v) is 11.1. The summed E-state index contributed by atoms with van der Waals surface area (Å²) in [5, 5.41) is 2.83. The van der Waals surface area contributed by atoms with Gasteiger partial charge in [0.25, 0.3) is 0 Å². The number of unbranched alkanes of at least 4 members (excludes halogenated alkanes) is 1. The van der Waals surface area contributed by atoms with Crippen molar-refractivity contribution in [3.05, 3.63) is 65.5 Å². The zero-order chi connectivity index (χ0) is 30.2. The first-order valence-corrected chi connectivity index (χ1v) is 15.9. The van der Waals surface area contributed by atoms with E-state index in [1.54, 1.807) is 18.7 Å². The number of rotatable bonds is 7. The van der Waals surface area contributed by atoms with Gasteiger partial charge in [0.15, 0.2) is 0 Å². The third-order valence-corrected chi connectivity index (χ3v) is 7.51. The van der Waals surface area contributed by atoms with E-state index in [1.807, 2.05) is 19.9 Å². The number of halogens is 1. The minimum absolute atomic E-state index is 0.207. The van der Waals surface area contributed by atoms with E-state index in [0.29, 0.717) is 0 Å². The van der Waals surface area contributed by atoms with Crippen LogP contribution in [-0.2, 0) is 11.2 Å². The topological polar surface area (TPSA) is 32.3 Å². The largest absolute Gasteiger partial charge is 0.388 e. The van der Waals surface area contributed by atoms with Gasteiger partial charge < -0.3 is 15.0 Å². The molecule has 1 aliphatic heterocycles. The molecular formula is C36H61FN2O. The van der Waals surface area contributed by atoms with Crippen LogP contribution in [0.1, 0.15) is 104 Å². The van der Waals surface area contributed by atoms with Crippen molar-refractivity contribution in [1.29, 1.82) is 0 Å². The molecule has 2 aromatic carbocycles. The predicted molar refractivity (Wildman–Crippen MR) is 175 cm³/mol. The zero-order valence-corrected chi connectivity index (χ0v) is 27.1. The number of likely N-dealkylation sites (tertiary alicyclic amines) is 1. The maximum atomic E-state index is 12.3. The summed E-state index contributed by atoms with van der Waals surface area (Å²) in [7, 11) is 1.76. The lowest BCUT2D eigenvalue weighted by atomic mass is 9.74. The fourth-order valence-electron chi connectivity index (χ4n) is 5.33. The Balaban J connectivity index is 0.000000563. The summed E-state index contributed by atoms with van der Waals surface area (Å²) in [6, 6.07) is 15.4. The average molecular weight is 557 g/mol. The van der Waals surface area contributed by atoms with Crippen LogP contribution in [-0.4, -0.2) is 37.9 Å². The summed E-state index contributed by atoms with van der Waals surface area (Å²) < 4.78 is 12.3. The van der Waals surface area contributed by atoms with Crippen LogP contribution in [0.4, 0.5) is 10.1 Å². The Morgan fingerprint density at radius 1 is 1.02 bits per heavy atom. The first-order valence-electron chi connectivity index (χ1n) is 15.9. The van der Waals surface area contributed by atoms with Gasteiger partial charge in [-0.1, -0.05) is 96.2 Å². The second-order valence-electron chi connectivity index (χ2n) is 11.1. The minimum atomic E-state index is -0.207. The summed E-state index contributed by atoms with van der Waals surface area (Å²) in [5.74, 6) is 2.56. The molecule has 1 saturated heterocycles. The molecule has 0 radical (unpaired) electrons. The molecule has 1 saturated carbocycles. The first kappa shape index (κ1) is 37.8. The number of carbonyl (C=O) groups excluding carboxylic acids is 1. The number of nitrogens with one attached hydrogen (secondary N) is 1. The molecule has 228 valence electrons. The molecule has 0 spiro atoms. The van der Waals surface area contributed by atoms with E-state index in [1.165, 1.54) is 102 Å². The van der Waals surface area contributed by atoms with Gasteiger partial charge in [0.1, 0.15) is 12.1 Å². The Kier molecular flexibility index (Phi) is 23.2. The maximum absolute atomic E-state index is 12.3. The minimum Gasteiger partial charge on any atom is -0.388 e. The normalized spacial score (nSPS) is 17.9. The quantitative estimate of drug-likeness (QED) is 0.344. The first-order chi connectivity index (χ1) is 19.3. The van der Waals surface area contributed by atoms with E-state index in [9.17, 15) is 4.39 Å². The van der Waals surface area contributed by atoms with Gasteiger partial charge >= 0.3 is 0 Å². The highest BCUT2D eigenvalue weighted by Gasteiger charge is 2.24. The summed E-state index contributed by atoms with van der Waals surface area (Å²) in [6.45, 7) is 18.7. The van der Waals surface area contributed by atoms with Crippen molar-refractivity contribution in [3.63, 3.8) is 0 Å². The lowest BCUT2D eigenvalue weighted by Crippen LogP contribution is -2.21. The average Bonchev–Trinajstić information content (AvgIpc) is 3.48. The molecule has 4 rings (SSSR count). The number of benzene rings is 2. The van der Waals surface area contributed by atoms with Crippen molar-refractivity contribution in [3.8, 4) is 0 Å². The van der Waals surface area contributed by atoms with Crippen molar-refractivity contribution in [1.82, 2.24) is 4.90 Å². The van der Waals surface area contributed by atoms with Crippen LogP contribution in [0, 0.1) is 30.5 Å². The number of nitrogens with zero attached hydrogens (tertiary/aromatic N) is 1. The Hall–Kier alpha value is -2.20. The van der Waals surface area contributed by atoms with Gasteiger partial charge in [0, 0.05) is 12.7 Å². The zero-order valence-electron chi connectivity index (χ0n) is 27.1. The van der Waals surface area contributed by atoms with Crippen molar-refractivity contribution in [2.24, 2.45) is 17.8 Å². The third kappa shape index (κ3) is 18.2. The monoisotopic (exact) mass is 556 g/mol. The van der Waals surface area contributed by atoms with Gasteiger partial charge in [-0.05, 0) is 107 Å². The summed E-state index contributed by atoms with van der Waals surface area (Å²) in [6.07, 6.45) is 13.4. The number of hydrogen-bond acceptors (Lipinski definition) is 3. The maximum Gasteiger partial charge on any atom is 0.125 e. The molecule has 2 atom stereocenters. The molecule has 0 bridgehead atoms. The van der Waals surface area contributed by atoms with Crippen LogP contribution in [0.3, 0.4) is 0 Å². The third-order valence-electron chi connectivity index (χ3n) is 7.51. The van der Waals surface area contributed by atoms with E-state index in [2.05, 4.69) is 62.2 Å². The summed E-state index contributed by atoms with van der Waals surface area (Å²) >= 11 is 0.